The molecule has 0 aliphatic heterocycles. The van der Waals surface area contributed by atoms with Gasteiger partial charge in [-0.1, -0.05) is 42.5 Å². The summed E-state index contributed by atoms with van der Waals surface area (Å²) < 4.78 is 0. The number of carbonyl (C=O) groups excluding carboxylic acids is 3. The number of aromatic amines is 2. The predicted molar refractivity (Wildman–Crippen MR) is 253 cm³/mol. The molecule has 0 saturated carbocycles. The van der Waals surface area contributed by atoms with Gasteiger partial charge in [0.2, 0.25) is 0 Å². The van der Waals surface area contributed by atoms with Crippen molar-refractivity contribution in [1.29, 1.82) is 0 Å². The SMILES string of the molecule is O=C(Nc1c(-c2cccnc2)c(-c2ccncc2)cc2c1c(C(=O)N(Cc1cccnc1)Cc1cccnc1)nn2NC(=O)c1n[nH]c2ccc(-c3cncs3)cc12)c1n[nH]c2ccccc12. The highest BCUT2D eigenvalue weighted by atomic mass is 32.1. The molecule has 18 heteroatoms. The van der Waals surface area contributed by atoms with Gasteiger partial charge >= 0.3 is 0 Å². The van der Waals surface area contributed by atoms with Gasteiger partial charge in [-0.2, -0.15) is 15.0 Å². The second-order valence-electron chi connectivity index (χ2n) is 15.4. The van der Waals surface area contributed by atoms with Crippen LogP contribution in [-0.2, 0) is 13.1 Å². The molecule has 0 aliphatic rings. The highest BCUT2D eigenvalue weighted by Crippen LogP contribution is 2.44. The lowest BCUT2D eigenvalue weighted by Crippen LogP contribution is -2.31. The van der Waals surface area contributed by atoms with Crippen LogP contribution in [0, 0.1) is 0 Å². The first-order chi connectivity index (χ1) is 33.0. The van der Waals surface area contributed by atoms with Crippen LogP contribution in [0.4, 0.5) is 5.69 Å². The zero-order valence-electron chi connectivity index (χ0n) is 35.0. The lowest BCUT2D eigenvalue weighted by molar-refractivity contribution is 0.0724. The quantitative estimate of drug-likeness (QED) is 0.0914. The molecular weight excluding hydrogens is 865 g/mol. The van der Waals surface area contributed by atoms with E-state index in [2.05, 4.69) is 56.1 Å². The minimum atomic E-state index is -0.617. The lowest BCUT2D eigenvalue weighted by atomic mass is 9.91. The molecule has 0 radical (unpaired) electrons. The van der Waals surface area contributed by atoms with Crippen molar-refractivity contribution in [1.82, 2.24) is 60.1 Å². The van der Waals surface area contributed by atoms with Gasteiger partial charge < -0.3 is 10.2 Å². The van der Waals surface area contributed by atoms with E-state index in [0.717, 1.165) is 21.6 Å². The average Bonchev–Trinajstić information content (AvgIpc) is 4.21. The number of H-pyrrole nitrogens is 2. The summed E-state index contributed by atoms with van der Waals surface area (Å²) in [6.45, 7) is 0.268. The standard InChI is InChI=1S/C49H34N14O3S/c64-47(43-34-9-1-2-10-37(34)56-58-43)55-45-41(33-8-5-17-53-24-33)35(31-13-18-50-19-14-31)21-39-42(45)46(49(66)62(26-29-6-3-15-51-22-29)27-30-7-4-16-52-23-30)60-63(39)61-48(65)44-36-20-32(40-25-54-28-67-40)11-12-38(36)57-59-44/h1-25,28H,26-27H2,(H,55,64)(H,56,58)(H,57,59)(H,61,65). The first-order valence-corrected chi connectivity index (χ1v) is 21.7. The second kappa shape index (κ2) is 17.4. The minimum Gasteiger partial charge on any atom is -0.328 e. The van der Waals surface area contributed by atoms with Crippen LogP contribution in [0.15, 0.2) is 158 Å². The summed E-state index contributed by atoms with van der Waals surface area (Å²) in [5, 5.41) is 24.3. The van der Waals surface area contributed by atoms with E-state index < -0.39 is 17.7 Å². The van der Waals surface area contributed by atoms with Crippen LogP contribution >= 0.6 is 11.3 Å². The lowest BCUT2D eigenvalue weighted by Gasteiger charge is -2.23. The number of fused-ring (bicyclic) bond motifs is 3. The van der Waals surface area contributed by atoms with Crippen molar-refractivity contribution in [2.45, 2.75) is 13.1 Å². The monoisotopic (exact) mass is 898 g/mol. The van der Waals surface area contributed by atoms with Gasteiger partial charge in [0.25, 0.3) is 17.7 Å². The molecule has 324 valence electrons. The third-order valence-electron chi connectivity index (χ3n) is 11.2. The number of pyridine rings is 4. The molecule has 3 amide bonds. The van der Waals surface area contributed by atoms with Crippen LogP contribution < -0.4 is 10.7 Å². The number of nitrogens with one attached hydrogen (secondary N) is 4. The van der Waals surface area contributed by atoms with Crippen molar-refractivity contribution >= 4 is 67.5 Å². The molecule has 17 nitrogen and oxygen atoms in total. The van der Waals surface area contributed by atoms with Gasteiger partial charge in [0.1, 0.15) is 0 Å². The Morgan fingerprint density at radius 2 is 1.31 bits per heavy atom. The van der Waals surface area contributed by atoms with Gasteiger partial charge in [-0.05, 0) is 82.4 Å². The van der Waals surface area contributed by atoms with Crippen LogP contribution in [0.5, 0.6) is 0 Å². The molecular formula is C49H34N14O3S. The maximum Gasteiger partial charge on any atom is 0.292 e. The van der Waals surface area contributed by atoms with Gasteiger partial charge in [0, 0.05) is 90.8 Å². The molecule has 4 N–H and O–H groups in total. The van der Waals surface area contributed by atoms with Gasteiger partial charge in [0.05, 0.1) is 38.0 Å². The number of hydrogen-bond donors (Lipinski definition) is 4. The summed E-state index contributed by atoms with van der Waals surface area (Å²) in [4.78, 5) is 70.4. The molecule has 11 aromatic rings. The third kappa shape index (κ3) is 7.78. The summed E-state index contributed by atoms with van der Waals surface area (Å²) in [5.74, 6) is -1.69. The Balaban J connectivity index is 1.15. The minimum absolute atomic E-state index is 0.0731. The van der Waals surface area contributed by atoms with E-state index in [1.54, 1.807) is 90.4 Å². The number of para-hydroxylation sites is 1. The fourth-order valence-electron chi connectivity index (χ4n) is 8.14. The number of carbonyl (C=O) groups is 3. The summed E-state index contributed by atoms with van der Waals surface area (Å²) >= 11 is 1.48. The first kappa shape index (κ1) is 40.5. The molecule has 67 heavy (non-hydrogen) atoms. The number of benzene rings is 3. The molecule has 0 bridgehead atoms. The Kier molecular flexibility index (Phi) is 10.5. The Morgan fingerprint density at radius 1 is 0.612 bits per heavy atom. The van der Waals surface area contributed by atoms with Crippen LogP contribution in [0.25, 0.3) is 65.4 Å². The Hall–Kier alpha value is -9.29. The molecule has 8 heterocycles. The maximum atomic E-state index is 15.6. The van der Waals surface area contributed by atoms with Crippen LogP contribution in [-0.4, -0.2) is 77.8 Å². The van der Waals surface area contributed by atoms with Crippen LogP contribution in [0.1, 0.15) is 42.6 Å². The molecule has 11 rings (SSSR count). The summed E-state index contributed by atoms with van der Waals surface area (Å²) in [7, 11) is 0. The number of nitrogens with zero attached hydrogens (tertiary/aromatic N) is 10. The first-order valence-electron chi connectivity index (χ1n) is 20.9. The van der Waals surface area contributed by atoms with Gasteiger partial charge in [0.15, 0.2) is 17.1 Å². The topological polar surface area (TPSA) is 218 Å². The maximum absolute atomic E-state index is 15.6. The van der Waals surface area contributed by atoms with E-state index >= 15 is 4.79 Å². The molecule has 0 atom stereocenters. The predicted octanol–water partition coefficient (Wildman–Crippen LogP) is 8.31. The molecule has 0 unspecified atom stereocenters. The van der Waals surface area contributed by atoms with Gasteiger partial charge in [-0.3, -0.25) is 49.5 Å². The van der Waals surface area contributed by atoms with Crippen LogP contribution in [0.2, 0.25) is 0 Å². The number of amides is 3. The van der Waals surface area contributed by atoms with Crippen molar-refractivity contribution in [3.8, 4) is 32.7 Å². The number of rotatable bonds is 12. The number of anilines is 1. The van der Waals surface area contributed by atoms with Crippen molar-refractivity contribution in [2.24, 2.45) is 0 Å². The highest BCUT2D eigenvalue weighted by molar-refractivity contribution is 7.13. The Morgan fingerprint density at radius 3 is 2.00 bits per heavy atom. The number of hydrogen-bond acceptors (Lipinski definition) is 12. The zero-order valence-corrected chi connectivity index (χ0v) is 35.8. The van der Waals surface area contributed by atoms with Crippen LogP contribution in [0.3, 0.4) is 0 Å². The summed E-state index contributed by atoms with van der Waals surface area (Å²) in [6.07, 6.45) is 15.1. The number of aromatic nitrogens is 11. The molecule has 0 spiro atoms. The van der Waals surface area contributed by atoms with E-state index in [1.807, 2.05) is 72.8 Å². The largest absolute Gasteiger partial charge is 0.328 e. The van der Waals surface area contributed by atoms with Gasteiger partial charge in [-0.15, -0.1) is 16.4 Å². The second-order valence-corrected chi connectivity index (χ2v) is 16.3. The van der Waals surface area contributed by atoms with E-state index in [-0.39, 0.29) is 46.8 Å². The fourth-order valence-corrected chi connectivity index (χ4v) is 8.76. The molecule has 3 aromatic carbocycles. The normalized spacial score (nSPS) is 11.3. The van der Waals surface area contributed by atoms with E-state index in [4.69, 9.17) is 5.10 Å². The Bertz CT molecular complexity index is 3560. The highest BCUT2D eigenvalue weighted by Gasteiger charge is 2.31. The van der Waals surface area contributed by atoms with E-state index in [9.17, 15) is 9.59 Å². The Labute approximate surface area is 383 Å². The van der Waals surface area contributed by atoms with Crippen molar-refractivity contribution < 1.29 is 14.4 Å². The molecule has 8 aromatic heterocycles. The number of thiazole rings is 1. The summed E-state index contributed by atoms with van der Waals surface area (Å²) in [5.41, 5.74) is 11.5. The van der Waals surface area contributed by atoms with E-state index in [1.165, 1.54) is 16.1 Å². The fraction of sp³-hybridized carbons (Fsp3) is 0.0408. The average molecular weight is 899 g/mol. The third-order valence-corrected chi connectivity index (χ3v) is 12.0. The van der Waals surface area contributed by atoms with Crippen molar-refractivity contribution in [3.05, 3.63) is 187 Å². The summed E-state index contributed by atoms with van der Waals surface area (Å²) in [6, 6.07) is 29.5. The molecule has 0 aliphatic carbocycles. The van der Waals surface area contributed by atoms with Crippen molar-refractivity contribution in [2.75, 3.05) is 10.7 Å². The van der Waals surface area contributed by atoms with Gasteiger partial charge in [-0.25, -0.2) is 5.43 Å². The van der Waals surface area contributed by atoms with E-state index in [0.29, 0.717) is 44.1 Å². The van der Waals surface area contributed by atoms with Crippen molar-refractivity contribution in [3.63, 3.8) is 0 Å². The molecule has 0 fully saturated rings. The molecule has 0 saturated heterocycles. The zero-order chi connectivity index (χ0) is 45.3. The smallest absolute Gasteiger partial charge is 0.292 e.